The summed E-state index contributed by atoms with van der Waals surface area (Å²) in [5.74, 6) is 1.31. The average molecular weight is 635 g/mol. The molecule has 0 atom stereocenters. The van der Waals surface area contributed by atoms with E-state index in [9.17, 15) is 18.0 Å². The predicted octanol–water partition coefficient (Wildman–Crippen LogP) is 4.79. The van der Waals surface area contributed by atoms with Crippen molar-refractivity contribution >= 4 is 45.9 Å². The monoisotopic (exact) mass is 634 g/mol. The van der Waals surface area contributed by atoms with Crippen molar-refractivity contribution < 1.29 is 18.0 Å². The number of carbonyl (C=O) groups is 1. The second kappa shape index (κ2) is 13.0. The second-order valence-electron chi connectivity index (χ2n) is 12.1. The van der Waals surface area contributed by atoms with Crippen molar-refractivity contribution in [3.63, 3.8) is 0 Å². The quantitative estimate of drug-likeness (QED) is 0.261. The Morgan fingerprint density at radius 1 is 0.978 bits per heavy atom. The van der Waals surface area contributed by atoms with Gasteiger partial charge in [0.05, 0.1) is 5.56 Å². The van der Waals surface area contributed by atoms with Gasteiger partial charge in [-0.3, -0.25) is 9.69 Å². The fourth-order valence-electron chi connectivity index (χ4n) is 5.93. The molecule has 242 valence electrons. The number of anilines is 5. The molecule has 11 nitrogen and oxygen atoms in total. The summed E-state index contributed by atoms with van der Waals surface area (Å²) in [6.07, 6.45) is -0.680. The van der Waals surface area contributed by atoms with Gasteiger partial charge >= 0.3 is 6.18 Å². The van der Waals surface area contributed by atoms with Crippen molar-refractivity contribution in [1.29, 1.82) is 0 Å². The Morgan fingerprint density at radius 2 is 1.74 bits per heavy atom. The lowest BCUT2D eigenvalue weighted by atomic mass is 9.96. The number of hydrogen-bond acceptors (Lipinski definition) is 10. The summed E-state index contributed by atoms with van der Waals surface area (Å²) in [7, 11) is 2.18. The smallest absolute Gasteiger partial charge is 0.382 e. The van der Waals surface area contributed by atoms with Gasteiger partial charge in [0.25, 0.3) is 5.91 Å². The van der Waals surface area contributed by atoms with Crippen molar-refractivity contribution in [3.05, 3.63) is 65.5 Å². The third kappa shape index (κ3) is 7.12. The first-order chi connectivity index (χ1) is 22.0. The maximum Gasteiger partial charge on any atom is 0.416 e. The first-order valence-electron chi connectivity index (χ1n) is 15.3. The molecule has 0 bridgehead atoms. The van der Waals surface area contributed by atoms with Crippen LogP contribution in [0.1, 0.15) is 34.3 Å². The fraction of sp³-hybridized carbons (Fsp3) is 0.406. The van der Waals surface area contributed by atoms with E-state index < -0.39 is 17.6 Å². The molecular weight excluding hydrogens is 597 g/mol. The van der Waals surface area contributed by atoms with Crippen LogP contribution < -0.4 is 21.3 Å². The minimum absolute atomic E-state index is 0.0408. The highest BCUT2D eigenvalue weighted by Crippen LogP contribution is 2.32. The van der Waals surface area contributed by atoms with E-state index in [0.717, 1.165) is 69.4 Å². The summed E-state index contributed by atoms with van der Waals surface area (Å²) in [5, 5.41) is 5.81. The van der Waals surface area contributed by atoms with Crippen molar-refractivity contribution in [2.75, 3.05) is 74.1 Å². The molecule has 2 aliphatic heterocycles. The van der Waals surface area contributed by atoms with Crippen LogP contribution in [0.2, 0.25) is 0 Å². The largest absolute Gasteiger partial charge is 0.416 e. The van der Waals surface area contributed by atoms with Crippen LogP contribution in [0.25, 0.3) is 11.0 Å². The molecule has 2 aromatic heterocycles. The maximum absolute atomic E-state index is 13.1. The third-order valence-corrected chi connectivity index (χ3v) is 8.71. The van der Waals surface area contributed by atoms with Gasteiger partial charge in [-0.25, -0.2) is 15.0 Å². The number of nitrogen functional groups attached to an aromatic ring is 1. The summed E-state index contributed by atoms with van der Waals surface area (Å²) in [4.78, 5) is 38.2. The molecule has 0 aliphatic carbocycles. The molecule has 4 heterocycles. The molecule has 0 spiro atoms. The minimum atomic E-state index is -4.52. The van der Waals surface area contributed by atoms with Gasteiger partial charge in [0.1, 0.15) is 17.4 Å². The Morgan fingerprint density at radius 3 is 2.48 bits per heavy atom. The van der Waals surface area contributed by atoms with E-state index in [2.05, 4.69) is 47.3 Å². The number of hydrogen-bond donors (Lipinski definition) is 3. The van der Waals surface area contributed by atoms with Gasteiger partial charge in [-0.1, -0.05) is 12.1 Å². The average Bonchev–Trinajstić information content (AvgIpc) is 3.03. The molecule has 2 aromatic carbocycles. The lowest BCUT2D eigenvalue weighted by Gasteiger charge is -2.38. The van der Waals surface area contributed by atoms with E-state index in [-0.39, 0.29) is 17.1 Å². The van der Waals surface area contributed by atoms with Gasteiger partial charge in [-0.15, -0.1) is 0 Å². The van der Waals surface area contributed by atoms with Gasteiger partial charge in [0, 0.05) is 49.7 Å². The van der Waals surface area contributed by atoms with Crippen LogP contribution in [-0.4, -0.2) is 88.5 Å². The number of benzene rings is 2. The van der Waals surface area contributed by atoms with Crippen molar-refractivity contribution in [2.45, 2.75) is 25.9 Å². The summed E-state index contributed by atoms with van der Waals surface area (Å²) >= 11 is 0. The molecule has 2 fully saturated rings. The third-order valence-electron chi connectivity index (χ3n) is 8.71. The number of piperazine rings is 1. The Bertz CT molecular complexity index is 1720. The van der Waals surface area contributed by atoms with Crippen LogP contribution in [-0.2, 0) is 6.18 Å². The Labute approximate surface area is 265 Å². The number of amides is 1. The first kappa shape index (κ1) is 31.4. The molecule has 14 heteroatoms. The highest BCUT2D eigenvalue weighted by atomic mass is 19.4. The number of piperidine rings is 1. The number of nitrogens with two attached hydrogens (primary N) is 1. The number of aromatic nitrogens is 4. The molecule has 1 amide bonds. The summed E-state index contributed by atoms with van der Waals surface area (Å²) in [5.41, 5.74) is 8.02. The number of nitrogens with one attached hydrogen (secondary N) is 2. The van der Waals surface area contributed by atoms with Gasteiger partial charge in [-0.2, -0.15) is 18.2 Å². The fourth-order valence-corrected chi connectivity index (χ4v) is 5.93. The second-order valence-corrected chi connectivity index (χ2v) is 12.1. The molecular formula is C32H37F3N10O. The van der Waals surface area contributed by atoms with E-state index in [0.29, 0.717) is 28.5 Å². The van der Waals surface area contributed by atoms with Crippen molar-refractivity contribution in [1.82, 2.24) is 29.7 Å². The lowest BCUT2D eigenvalue weighted by molar-refractivity contribution is -0.137. The summed E-state index contributed by atoms with van der Waals surface area (Å²) < 4.78 is 39.4. The number of carbonyl (C=O) groups excluding carboxylic acids is 1. The number of likely N-dealkylation sites (tertiary alicyclic amines) is 1. The summed E-state index contributed by atoms with van der Waals surface area (Å²) in [6, 6.07) is 9.47. The predicted molar refractivity (Wildman–Crippen MR) is 172 cm³/mol. The molecule has 2 aliphatic rings. The molecule has 4 aromatic rings. The van der Waals surface area contributed by atoms with Crippen LogP contribution in [0, 0.1) is 12.8 Å². The highest BCUT2D eigenvalue weighted by Gasteiger charge is 2.30. The summed E-state index contributed by atoms with van der Waals surface area (Å²) in [6.45, 7) is 8.67. The molecule has 6 rings (SSSR count). The molecule has 0 saturated carbocycles. The van der Waals surface area contributed by atoms with E-state index in [1.54, 1.807) is 18.2 Å². The SMILES string of the molecule is Cc1ccc(C(=O)Nc2cccc(C(F)(F)F)c2)cc1Nc1ncnc2c(N)nc(N3CCN(CC4CCN(C)CC4)CC3)nc12. The first-order valence-corrected chi connectivity index (χ1v) is 15.3. The van der Waals surface area contributed by atoms with E-state index >= 15 is 0 Å². The molecule has 4 N–H and O–H groups in total. The number of aryl methyl sites for hydroxylation is 1. The Kier molecular flexibility index (Phi) is 8.91. The topological polar surface area (TPSA) is 128 Å². The van der Waals surface area contributed by atoms with E-state index in [1.807, 2.05) is 6.92 Å². The Hall–Kier alpha value is -4.56. The normalized spacial score (nSPS) is 16.9. The number of fused-ring (bicyclic) bond motifs is 1. The molecule has 0 radical (unpaired) electrons. The molecule has 46 heavy (non-hydrogen) atoms. The van der Waals surface area contributed by atoms with Gasteiger partial charge in [-0.05, 0) is 81.7 Å². The number of alkyl halides is 3. The van der Waals surface area contributed by atoms with E-state index in [1.165, 1.54) is 31.3 Å². The van der Waals surface area contributed by atoms with Crippen molar-refractivity contribution in [2.24, 2.45) is 5.92 Å². The van der Waals surface area contributed by atoms with Gasteiger partial charge in [0.15, 0.2) is 11.6 Å². The number of halogens is 3. The number of rotatable bonds is 7. The zero-order valence-electron chi connectivity index (χ0n) is 25.8. The number of nitrogens with zero attached hydrogens (tertiary/aromatic N) is 7. The highest BCUT2D eigenvalue weighted by molar-refractivity contribution is 6.05. The standard InChI is InChI=1S/C32H37F3N10O/c1-20-6-7-22(30(46)39-24-5-3-4-23(17-24)32(33,34)35)16-25(20)40-29-27-26(37-19-38-29)28(36)42-31(41-27)45-14-12-44(13-15-45)18-21-8-10-43(2)11-9-21/h3-7,16-17,19,21H,8-15,18H2,1-2H3,(H,39,46)(H2,36,41,42)(H,37,38,40). The maximum atomic E-state index is 13.1. The van der Waals surface area contributed by atoms with Crippen molar-refractivity contribution in [3.8, 4) is 0 Å². The van der Waals surface area contributed by atoms with Crippen LogP contribution in [0.3, 0.4) is 0 Å². The van der Waals surface area contributed by atoms with Gasteiger partial charge < -0.3 is 26.2 Å². The molecule has 2 saturated heterocycles. The van der Waals surface area contributed by atoms with E-state index in [4.69, 9.17) is 10.7 Å². The lowest BCUT2D eigenvalue weighted by Crippen LogP contribution is -2.49. The van der Waals surface area contributed by atoms with Crippen LogP contribution >= 0.6 is 0 Å². The van der Waals surface area contributed by atoms with Crippen LogP contribution in [0.5, 0.6) is 0 Å². The van der Waals surface area contributed by atoms with Gasteiger partial charge in [0.2, 0.25) is 5.95 Å². The van der Waals surface area contributed by atoms with Crippen LogP contribution in [0.15, 0.2) is 48.8 Å². The Balaban J connectivity index is 1.18. The zero-order valence-corrected chi connectivity index (χ0v) is 25.8. The minimum Gasteiger partial charge on any atom is -0.382 e. The van der Waals surface area contributed by atoms with Crippen LogP contribution in [0.4, 0.5) is 42.1 Å². The zero-order chi connectivity index (χ0) is 32.4. The molecule has 0 unspecified atom stereocenters.